The number of hydrogen-bond donors (Lipinski definition) is 1. The van der Waals surface area contributed by atoms with Gasteiger partial charge in [-0.25, -0.2) is 8.42 Å². The number of nitro groups is 1. The average molecular weight is 442 g/mol. The topological polar surface area (TPSA) is 127 Å². The van der Waals surface area contributed by atoms with Crippen molar-refractivity contribution in [1.29, 1.82) is 0 Å². The Morgan fingerprint density at radius 2 is 1.93 bits per heavy atom. The number of carbonyl (C=O) groups is 1. The molecule has 1 aromatic heterocycles. The third-order valence-electron chi connectivity index (χ3n) is 4.75. The highest BCUT2D eigenvalue weighted by Crippen LogP contribution is 2.25. The molecule has 0 bridgehead atoms. The maximum Gasteiger partial charge on any atom is 0.269 e. The molecule has 1 aliphatic heterocycles. The van der Waals surface area contributed by atoms with E-state index >= 15 is 0 Å². The molecule has 1 N–H and O–H groups in total. The highest BCUT2D eigenvalue weighted by molar-refractivity contribution is 7.89. The van der Waals surface area contributed by atoms with Crippen LogP contribution in [-0.4, -0.2) is 53.0 Å². The fraction of sp³-hybridized carbons (Fsp3) is 0.412. The number of amides is 1. The molecule has 3 rings (SSSR count). The summed E-state index contributed by atoms with van der Waals surface area (Å²) in [7, 11) is -3.75. The second-order valence-corrected chi connectivity index (χ2v) is 9.02. The summed E-state index contributed by atoms with van der Waals surface area (Å²) in [4.78, 5) is 22.5. The summed E-state index contributed by atoms with van der Waals surface area (Å²) in [6.45, 7) is 1.32. The molecule has 0 atom stereocenters. The summed E-state index contributed by atoms with van der Waals surface area (Å²) in [5.41, 5.74) is -0.170. The van der Waals surface area contributed by atoms with Crippen LogP contribution in [-0.2, 0) is 21.4 Å². The zero-order chi connectivity index (χ0) is 21.0. The Labute approximate surface area is 172 Å². The molecule has 1 aromatic carbocycles. The Morgan fingerprint density at radius 1 is 1.28 bits per heavy atom. The smallest absolute Gasteiger partial charge is 0.269 e. The van der Waals surface area contributed by atoms with Crippen LogP contribution >= 0.6 is 11.6 Å². The SMILES string of the molecule is O=C(NCCn1cc(Cl)cn1)C1CCN(S(=O)(=O)c2ccc([N+](=O)[O-])cc2)CC1. The van der Waals surface area contributed by atoms with E-state index in [2.05, 4.69) is 10.4 Å². The largest absolute Gasteiger partial charge is 0.354 e. The molecular weight excluding hydrogens is 422 g/mol. The van der Waals surface area contributed by atoms with Crippen LogP contribution in [0.1, 0.15) is 12.8 Å². The molecular formula is C17H20ClN5O5S. The van der Waals surface area contributed by atoms with E-state index in [4.69, 9.17) is 11.6 Å². The molecule has 2 heterocycles. The second-order valence-electron chi connectivity index (χ2n) is 6.64. The van der Waals surface area contributed by atoms with Crippen LogP contribution in [0.15, 0.2) is 41.6 Å². The van der Waals surface area contributed by atoms with E-state index < -0.39 is 14.9 Å². The molecule has 0 saturated carbocycles. The number of nitrogens with one attached hydrogen (secondary N) is 1. The number of halogens is 1. The fourth-order valence-corrected chi connectivity index (χ4v) is 4.77. The molecule has 1 fully saturated rings. The lowest BCUT2D eigenvalue weighted by Gasteiger charge is -2.30. The summed E-state index contributed by atoms with van der Waals surface area (Å²) in [6, 6.07) is 4.79. The first-order valence-corrected chi connectivity index (χ1v) is 10.8. The molecule has 0 radical (unpaired) electrons. The van der Waals surface area contributed by atoms with Gasteiger partial charge in [0.1, 0.15) is 0 Å². The molecule has 1 saturated heterocycles. The second kappa shape index (κ2) is 8.89. The summed E-state index contributed by atoms with van der Waals surface area (Å²) >= 11 is 5.79. The van der Waals surface area contributed by atoms with E-state index in [9.17, 15) is 23.3 Å². The first kappa shape index (κ1) is 21.2. The molecule has 156 valence electrons. The van der Waals surface area contributed by atoms with E-state index in [1.807, 2.05) is 0 Å². The standard InChI is InChI=1S/C17H20ClN5O5S/c18-14-11-20-21(12-14)10-7-19-17(24)13-5-8-22(9-6-13)29(27,28)16-3-1-15(2-4-16)23(25)26/h1-4,11-13H,5-10H2,(H,19,24). The van der Waals surface area contributed by atoms with Gasteiger partial charge in [0.05, 0.1) is 27.6 Å². The highest BCUT2D eigenvalue weighted by atomic mass is 35.5. The van der Waals surface area contributed by atoms with Crippen molar-refractivity contribution in [1.82, 2.24) is 19.4 Å². The Kier molecular flexibility index (Phi) is 6.50. The molecule has 0 aliphatic carbocycles. The number of rotatable bonds is 7. The van der Waals surface area contributed by atoms with Gasteiger partial charge < -0.3 is 5.32 Å². The van der Waals surface area contributed by atoms with E-state index in [1.165, 1.54) is 34.8 Å². The Bertz CT molecular complexity index is 984. The van der Waals surface area contributed by atoms with Crippen molar-refractivity contribution in [3.05, 3.63) is 51.8 Å². The van der Waals surface area contributed by atoms with E-state index in [1.54, 1.807) is 10.9 Å². The Hall–Kier alpha value is -2.50. The normalized spacial score (nSPS) is 15.9. The molecule has 1 amide bonds. The van der Waals surface area contributed by atoms with Crippen molar-refractivity contribution in [3.8, 4) is 0 Å². The van der Waals surface area contributed by atoms with E-state index in [-0.39, 0.29) is 35.5 Å². The Morgan fingerprint density at radius 3 is 2.48 bits per heavy atom. The van der Waals surface area contributed by atoms with Gasteiger partial charge in [-0.15, -0.1) is 0 Å². The molecule has 2 aromatic rings. The lowest BCUT2D eigenvalue weighted by Crippen LogP contribution is -2.43. The minimum atomic E-state index is -3.75. The van der Waals surface area contributed by atoms with Crippen LogP contribution in [0.5, 0.6) is 0 Å². The Balaban J connectivity index is 1.51. The molecule has 1 aliphatic rings. The lowest BCUT2D eigenvalue weighted by atomic mass is 9.97. The molecule has 10 nitrogen and oxygen atoms in total. The lowest BCUT2D eigenvalue weighted by molar-refractivity contribution is -0.384. The van der Waals surface area contributed by atoms with E-state index in [0.717, 1.165) is 0 Å². The maximum atomic E-state index is 12.7. The third kappa shape index (κ3) is 5.11. The van der Waals surface area contributed by atoms with Gasteiger partial charge in [-0.05, 0) is 25.0 Å². The van der Waals surface area contributed by atoms with Crippen LogP contribution in [0.2, 0.25) is 5.02 Å². The van der Waals surface area contributed by atoms with Crippen molar-refractivity contribution in [2.45, 2.75) is 24.3 Å². The number of non-ortho nitro benzene ring substituents is 1. The average Bonchev–Trinajstić information content (AvgIpc) is 3.13. The summed E-state index contributed by atoms with van der Waals surface area (Å²) < 4.78 is 28.4. The van der Waals surface area contributed by atoms with Gasteiger partial charge in [-0.3, -0.25) is 19.6 Å². The monoisotopic (exact) mass is 441 g/mol. The first-order valence-electron chi connectivity index (χ1n) is 8.97. The van der Waals surface area contributed by atoms with E-state index in [0.29, 0.717) is 31.0 Å². The minimum Gasteiger partial charge on any atom is -0.354 e. The summed E-state index contributed by atoms with van der Waals surface area (Å²) in [5, 5.41) is 18.1. The summed E-state index contributed by atoms with van der Waals surface area (Å²) in [6.07, 6.45) is 4.00. The van der Waals surface area contributed by atoms with Crippen molar-refractivity contribution in [2.24, 2.45) is 5.92 Å². The van der Waals surface area contributed by atoms with Gasteiger partial charge in [0, 0.05) is 43.9 Å². The van der Waals surface area contributed by atoms with Crippen molar-refractivity contribution < 1.29 is 18.1 Å². The van der Waals surface area contributed by atoms with Crippen LogP contribution in [0.3, 0.4) is 0 Å². The van der Waals surface area contributed by atoms with Crippen LogP contribution < -0.4 is 5.32 Å². The predicted molar refractivity (Wildman–Crippen MR) is 105 cm³/mol. The first-order chi connectivity index (χ1) is 13.8. The number of benzene rings is 1. The van der Waals surface area contributed by atoms with Crippen LogP contribution in [0.4, 0.5) is 5.69 Å². The number of sulfonamides is 1. The minimum absolute atomic E-state index is 0.00360. The molecule has 29 heavy (non-hydrogen) atoms. The van der Waals surface area contributed by atoms with Gasteiger partial charge in [-0.1, -0.05) is 11.6 Å². The van der Waals surface area contributed by atoms with Gasteiger partial charge in [0.15, 0.2) is 0 Å². The van der Waals surface area contributed by atoms with Crippen molar-refractivity contribution >= 4 is 33.2 Å². The number of carbonyl (C=O) groups excluding carboxylic acids is 1. The van der Waals surface area contributed by atoms with Crippen molar-refractivity contribution in [2.75, 3.05) is 19.6 Å². The maximum absolute atomic E-state index is 12.7. The predicted octanol–water partition coefficient (Wildman–Crippen LogP) is 1.66. The molecule has 0 unspecified atom stereocenters. The molecule has 12 heteroatoms. The number of nitrogens with zero attached hydrogens (tertiary/aromatic N) is 4. The zero-order valence-corrected chi connectivity index (χ0v) is 17.0. The zero-order valence-electron chi connectivity index (χ0n) is 15.4. The van der Waals surface area contributed by atoms with Crippen LogP contribution in [0.25, 0.3) is 0 Å². The van der Waals surface area contributed by atoms with Gasteiger partial charge in [-0.2, -0.15) is 9.40 Å². The summed E-state index contributed by atoms with van der Waals surface area (Å²) in [5.74, 6) is -0.379. The van der Waals surface area contributed by atoms with Crippen LogP contribution in [0, 0.1) is 16.0 Å². The van der Waals surface area contributed by atoms with Gasteiger partial charge >= 0.3 is 0 Å². The number of hydrogen-bond acceptors (Lipinski definition) is 6. The quantitative estimate of drug-likeness (QED) is 0.514. The molecule has 0 spiro atoms. The van der Waals surface area contributed by atoms with Gasteiger partial charge in [0.2, 0.25) is 15.9 Å². The van der Waals surface area contributed by atoms with Crippen molar-refractivity contribution in [3.63, 3.8) is 0 Å². The number of nitro benzene ring substituents is 1. The highest BCUT2D eigenvalue weighted by Gasteiger charge is 2.32. The number of piperidine rings is 1. The number of aromatic nitrogens is 2. The van der Waals surface area contributed by atoms with Gasteiger partial charge in [0.25, 0.3) is 5.69 Å². The fourth-order valence-electron chi connectivity index (χ4n) is 3.15. The third-order valence-corrected chi connectivity index (χ3v) is 6.86.